The summed E-state index contributed by atoms with van der Waals surface area (Å²) in [5.41, 5.74) is 5.38. The molecule has 0 unspecified atom stereocenters. The zero-order valence-corrected chi connectivity index (χ0v) is 16.6. The molecule has 3 N–H and O–H groups in total. The maximum atomic E-state index is 12.3. The molecule has 3 aromatic heterocycles. The summed E-state index contributed by atoms with van der Waals surface area (Å²) in [5, 5.41) is 16.5. The normalized spacial score (nSPS) is 18.0. The number of aryl methyl sites for hydroxylation is 1. The number of carbonyl (C=O) groups excluding carboxylic acids is 1. The van der Waals surface area contributed by atoms with Crippen LogP contribution in [-0.4, -0.2) is 38.2 Å². The van der Waals surface area contributed by atoms with Gasteiger partial charge in [-0.05, 0) is 68.1 Å². The first-order chi connectivity index (χ1) is 14.0. The van der Waals surface area contributed by atoms with Crippen LogP contribution in [0.2, 0.25) is 0 Å². The second-order valence-electron chi connectivity index (χ2n) is 7.99. The van der Waals surface area contributed by atoms with Gasteiger partial charge in [0, 0.05) is 52.6 Å². The molecule has 0 radical (unpaired) electrons. The summed E-state index contributed by atoms with van der Waals surface area (Å²) in [7, 11) is 0. The van der Waals surface area contributed by atoms with E-state index >= 15 is 0 Å². The summed E-state index contributed by atoms with van der Waals surface area (Å²) in [5.74, 6) is -0.320. The van der Waals surface area contributed by atoms with Crippen molar-refractivity contribution in [2.75, 3.05) is 6.54 Å². The highest BCUT2D eigenvalue weighted by atomic mass is 16.3. The summed E-state index contributed by atoms with van der Waals surface area (Å²) in [6.45, 7) is 4.57. The minimum Gasteiger partial charge on any atom is -0.384 e. The van der Waals surface area contributed by atoms with E-state index in [0.29, 0.717) is 0 Å². The highest BCUT2D eigenvalue weighted by molar-refractivity contribution is 5.96. The zero-order chi connectivity index (χ0) is 20.1. The van der Waals surface area contributed by atoms with Crippen LogP contribution in [0.1, 0.15) is 41.7 Å². The lowest BCUT2D eigenvalue weighted by molar-refractivity contribution is 0.0688. The lowest BCUT2D eigenvalue weighted by Crippen LogP contribution is -2.22. The molecule has 29 heavy (non-hydrogen) atoms. The smallest absolute Gasteiger partial charge is 0.259 e. The first kappa shape index (κ1) is 18.1. The van der Waals surface area contributed by atoms with Gasteiger partial charge in [-0.1, -0.05) is 0 Å². The van der Waals surface area contributed by atoms with Gasteiger partial charge < -0.3 is 15.4 Å². The SMILES string of the molecule is Cc1c[nH]c2ncc(-c3cc([C@H]4CCCN4)c4cn(C(=O)[C@@H](C)O)cc4c3)cc12. The molecule has 1 aliphatic rings. The number of carbonyl (C=O) groups is 1. The van der Waals surface area contributed by atoms with Gasteiger partial charge in [0.05, 0.1) is 0 Å². The van der Waals surface area contributed by atoms with Gasteiger partial charge in [0.2, 0.25) is 0 Å². The Kier molecular flexibility index (Phi) is 4.26. The van der Waals surface area contributed by atoms with E-state index in [0.717, 1.165) is 52.3 Å². The van der Waals surface area contributed by atoms with E-state index in [2.05, 4.69) is 40.4 Å². The molecule has 0 amide bonds. The van der Waals surface area contributed by atoms with E-state index in [1.54, 1.807) is 0 Å². The second-order valence-corrected chi connectivity index (χ2v) is 7.99. The number of nitrogens with zero attached hydrogens (tertiary/aromatic N) is 2. The van der Waals surface area contributed by atoms with E-state index in [-0.39, 0.29) is 11.9 Å². The van der Waals surface area contributed by atoms with Crippen molar-refractivity contribution in [3.63, 3.8) is 0 Å². The molecule has 1 fully saturated rings. The first-order valence-electron chi connectivity index (χ1n) is 10.1. The molecule has 5 rings (SSSR count). The van der Waals surface area contributed by atoms with Gasteiger partial charge in [-0.3, -0.25) is 9.36 Å². The van der Waals surface area contributed by atoms with Gasteiger partial charge >= 0.3 is 0 Å². The third-order valence-electron chi connectivity index (χ3n) is 5.91. The molecule has 1 saturated heterocycles. The van der Waals surface area contributed by atoms with Crippen LogP contribution in [0.4, 0.5) is 0 Å². The van der Waals surface area contributed by atoms with E-state index < -0.39 is 6.10 Å². The van der Waals surface area contributed by atoms with Crippen molar-refractivity contribution in [2.45, 2.75) is 38.8 Å². The standard InChI is InChI=1S/C23H24N4O2/c1-13-9-25-22-18(13)8-16(10-26-22)15-6-17-11-27(23(29)14(2)28)12-20(17)19(7-15)21-4-3-5-24-21/h6-12,14,21,24,28H,3-5H2,1-2H3,(H,25,26)/t14-,21-/m1/s1. The Morgan fingerprint density at radius 2 is 2.10 bits per heavy atom. The van der Waals surface area contributed by atoms with Crippen LogP contribution in [0.25, 0.3) is 32.9 Å². The second kappa shape index (κ2) is 6.83. The van der Waals surface area contributed by atoms with Crippen molar-refractivity contribution in [3.8, 4) is 11.1 Å². The Labute approximate surface area is 168 Å². The molecule has 2 atom stereocenters. The third kappa shape index (κ3) is 3.05. The van der Waals surface area contributed by atoms with E-state index in [1.807, 2.05) is 24.8 Å². The van der Waals surface area contributed by atoms with Crippen LogP contribution >= 0.6 is 0 Å². The lowest BCUT2D eigenvalue weighted by Gasteiger charge is -2.14. The van der Waals surface area contributed by atoms with Gasteiger partial charge in [-0.25, -0.2) is 4.98 Å². The molecular weight excluding hydrogens is 364 g/mol. The van der Waals surface area contributed by atoms with Crippen molar-refractivity contribution in [3.05, 3.63) is 54.1 Å². The van der Waals surface area contributed by atoms with Crippen LogP contribution in [0.15, 0.2) is 43.0 Å². The van der Waals surface area contributed by atoms with E-state index in [1.165, 1.54) is 22.6 Å². The maximum absolute atomic E-state index is 12.3. The molecule has 1 aromatic carbocycles. The number of nitrogens with one attached hydrogen (secondary N) is 2. The average molecular weight is 388 g/mol. The Hall–Kier alpha value is -2.96. The minimum absolute atomic E-state index is 0.264. The topological polar surface area (TPSA) is 82.9 Å². The first-order valence-corrected chi connectivity index (χ1v) is 10.1. The van der Waals surface area contributed by atoms with Crippen LogP contribution in [-0.2, 0) is 0 Å². The number of fused-ring (bicyclic) bond motifs is 2. The fraction of sp³-hybridized carbons (Fsp3) is 0.304. The summed E-state index contributed by atoms with van der Waals surface area (Å²) in [6, 6.07) is 6.75. The zero-order valence-electron chi connectivity index (χ0n) is 16.6. The van der Waals surface area contributed by atoms with Crippen LogP contribution in [0, 0.1) is 6.92 Å². The Bertz CT molecular complexity index is 1230. The van der Waals surface area contributed by atoms with E-state index in [9.17, 15) is 9.90 Å². The molecule has 1 aliphatic heterocycles. The van der Waals surface area contributed by atoms with Crippen LogP contribution in [0.3, 0.4) is 0 Å². The molecule has 0 bridgehead atoms. The Balaban J connectivity index is 1.70. The van der Waals surface area contributed by atoms with Crippen LogP contribution in [0.5, 0.6) is 0 Å². The number of hydrogen-bond acceptors (Lipinski definition) is 4. The molecule has 0 saturated carbocycles. The van der Waals surface area contributed by atoms with Gasteiger partial charge in [-0.2, -0.15) is 0 Å². The summed E-state index contributed by atoms with van der Waals surface area (Å²) in [6.07, 6.45) is 8.71. The summed E-state index contributed by atoms with van der Waals surface area (Å²) >= 11 is 0. The molecular formula is C23H24N4O2. The quantitative estimate of drug-likeness (QED) is 0.496. The van der Waals surface area contributed by atoms with Gasteiger partial charge in [0.25, 0.3) is 5.91 Å². The summed E-state index contributed by atoms with van der Waals surface area (Å²) < 4.78 is 1.51. The fourth-order valence-corrected chi connectivity index (χ4v) is 4.32. The molecule has 0 aliphatic carbocycles. The number of hydrogen-bond donors (Lipinski definition) is 3. The monoisotopic (exact) mass is 388 g/mol. The van der Waals surface area contributed by atoms with Gasteiger partial charge in [0.15, 0.2) is 0 Å². The number of aromatic amines is 1. The summed E-state index contributed by atoms with van der Waals surface area (Å²) in [4.78, 5) is 20.1. The predicted octanol–water partition coefficient (Wildman–Crippen LogP) is 3.94. The van der Waals surface area contributed by atoms with Crippen molar-refractivity contribution in [2.24, 2.45) is 0 Å². The van der Waals surface area contributed by atoms with E-state index in [4.69, 9.17) is 0 Å². The largest absolute Gasteiger partial charge is 0.384 e. The highest BCUT2D eigenvalue weighted by Crippen LogP contribution is 2.35. The van der Waals surface area contributed by atoms with Crippen LogP contribution < -0.4 is 5.32 Å². The number of aliphatic hydroxyl groups excluding tert-OH is 1. The molecule has 0 spiro atoms. The lowest BCUT2D eigenvalue weighted by atomic mass is 9.95. The predicted molar refractivity (Wildman–Crippen MR) is 114 cm³/mol. The third-order valence-corrected chi connectivity index (χ3v) is 5.91. The number of benzene rings is 1. The van der Waals surface area contributed by atoms with Crippen molar-refractivity contribution in [1.82, 2.24) is 19.9 Å². The number of aliphatic hydroxyl groups is 1. The minimum atomic E-state index is -1.03. The molecule has 148 valence electrons. The molecule has 4 heterocycles. The average Bonchev–Trinajstić information content (AvgIpc) is 3.46. The van der Waals surface area contributed by atoms with Crippen molar-refractivity contribution >= 4 is 27.7 Å². The molecule has 6 nitrogen and oxygen atoms in total. The number of H-pyrrole nitrogens is 1. The van der Waals surface area contributed by atoms with Crippen molar-refractivity contribution < 1.29 is 9.90 Å². The number of aromatic nitrogens is 3. The van der Waals surface area contributed by atoms with Crippen molar-refractivity contribution in [1.29, 1.82) is 0 Å². The molecule has 6 heteroatoms. The van der Waals surface area contributed by atoms with Gasteiger partial charge in [0.1, 0.15) is 11.8 Å². The maximum Gasteiger partial charge on any atom is 0.259 e. The number of pyridine rings is 1. The van der Waals surface area contributed by atoms with Gasteiger partial charge in [-0.15, -0.1) is 0 Å². The number of rotatable bonds is 3. The molecule has 4 aromatic rings. The Morgan fingerprint density at radius 3 is 2.86 bits per heavy atom. The fourth-order valence-electron chi connectivity index (χ4n) is 4.32. The Morgan fingerprint density at radius 1 is 1.24 bits per heavy atom. The highest BCUT2D eigenvalue weighted by Gasteiger charge is 2.22.